The highest BCUT2D eigenvalue weighted by atomic mass is 79.9. The zero-order chi connectivity index (χ0) is 12.4. The van der Waals surface area contributed by atoms with E-state index in [2.05, 4.69) is 44.4 Å². The summed E-state index contributed by atoms with van der Waals surface area (Å²) in [5.41, 5.74) is 2.67. The first-order valence-corrected chi connectivity index (χ1v) is 7.85. The highest BCUT2D eigenvalue weighted by Gasteiger charge is 2.22. The summed E-state index contributed by atoms with van der Waals surface area (Å²) in [6.45, 7) is 1.02. The van der Waals surface area contributed by atoms with Gasteiger partial charge in [-0.25, -0.2) is 0 Å². The number of halogens is 1. The number of aromatic nitrogens is 1. The number of pyridine rings is 1. The molecular formula is C14H15BrN2S. The number of nitrogens with one attached hydrogen (secondary N) is 1. The first kappa shape index (κ1) is 12.3. The van der Waals surface area contributed by atoms with Crippen molar-refractivity contribution in [3.8, 4) is 0 Å². The number of thiophene rings is 1. The molecule has 2 nitrogen and oxygen atoms in total. The van der Waals surface area contributed by atoms with E-state index in [1.807, 2.05) is 23.6 Å². The zero-order valence-electron chi connectivity index (χ0n) is 10.0. The largest absolute Gasteiger partial charge is 0.308 e. The number of hydrogen-bond acceptors (Lipinski definition) is 3. The van der Waals surface area contributed by atoms with Crippen LogP contribution in [0.1, 0.15) is 28.6 Å². The topological polar surface area (TPSA) is 24.9 Å². The first-order valence-electron chi connectivity index (χ1n) is 6.24. The molecule has 1 aliphatic carbocycles. The fraction of sp³-hybridized carbons (Fsp3) is 0.357. The summed E-state index contributed by atoms with van der Waals surface area (Å²) in [6, 6.07) is 8.98. The molecule has 1 aliphatic rings. The highest BCUT2D eigenvalue weighted by Crippen LogP contribution is 2.29. The molecule has 0 saturated carbocycles. The number of fused-ring (bicyclic) bond motifs is 1. The summed E-state index contributed by atoms with van der Waals surface area (Å²) in [6.07, 6.45) is 5.33. The van der Waals surface area contributed by atoms with E-state index in [0.29, 0.717) is 6.04 Å². The molecule has 4 heteroatoms. The molecule has 0 aromatic carbocycles. The van der Waals surface area contributed by atoms with Gasteiger partial charge in [-0.1, -0.05) is 6.07 Å². The zero-order valence-corrected chi connectivity index (χ0v) is 12.4. The van der Waals surface area contributed by atoms with Crippen LogP contribution in [0.4, 0.5) is 0 Å². The molecule has 2 aromatic heterocycles. The first-order chi connectivity index (χ1) is 8.83. The lowest BCUT2D eigenvalue weighted by Gasteiger charge is -2.12. The Morgan fingerprint density at radius 1 is 1.39 bits per heavy atom. The molecular weight excluding hydrogens is 308 g/mol. The highest BCUT2D eigenvalue weighted by molar-refractivity contribution is 9.11. The Morgan fingerprint density at radius 3 is 3.17 bits per heavy atom. The molecule has 0 amide bonds. The van der Waals surface area contributed by atoms with Gasteiger partial charge >= 0.3 is 0 Å². The maximum absolute atomic E-state index is 4.50. The number of aryl methyl sites for hydroxylation is 1. The lowest BCUT2D eigenvalue weighted by Crippen LogP contribution is -2.22. The van der Waals surface area contributed by atoms with Gasteiger partial charge < -0.3 is 5.32 Å². The van der Waals surface area contributed by atoms with E-state index in [1.165, 1.54) is 26.3 Å². The van der Waals surface area contributed by atoms with Crippen molar-refractivity contribution in [1.82, 2.24) is 10.3 Å². The number of rotatable bonds is 4. The maximum Gasteiger partial charge on any atom is 0.0701 e. The molecule has 0 spiro atoms. The summed E-state index contributed by atoms with van der Waals surface area (Å²) in [4.78, 5) is 5.93. The summed E-state index contributed by atoms with van der Waals surface area (Å²) < 4.78 is 1.21. The predicted molar refractivity (Wildman–Crippen MR) is 79.0 cm³/mol. The van der Waals surface area contributed by atoms with Crippen molar-refractivity contribution in [3.63, 3.8) is 0 Å². The molecule has 2 heterocycles. The normalized spacial score (nSPS) is 17.9. The molecule has 0 saturated heterocycles. The molecule has 0 fully saturated rings. The molecule has 1 atom stereocenters. The van der Waals surface area contributed by atoms with E-state index in [0.717, 1.165) is 19.4 Å². The minimum Gasteiger partial charge on any atom is -0.308 e. The molecule has 0 aliphatic heterocycles. The molecule has 0 radical (unpaired) electrons. The van der Waals surface area contributed by atoms with Gasteiger partial charge in [-0.05, 0) is 59.0 Å². The van der Waals surface area contributed by atoms with Gasteiger partial charge in [0.2, 0.25) is 0 Å². The molecule has 18 heavy (non-hydrogen) atoms. The van der Waals surface area contributed by atoms with Crippen LogP contribution in [0.25, 0.3) is 0 Å². The Labute approximate surface area is 120 Å². The van der Waals surface area contributed by atoms with Crippen LogP contribution in [0.15, 0.2) is 34.2 Å². The minimum atomic E-state index is 0.449. The Balaban J connectivity index is 1.56. The fourth-order valence-corrected chi connectivity index (χ4v) is 3.95. The van der Waals surface area contributed by atoms with Crippen LogP contribution in [0.2, 0.25) is 0 Å². The molecule has 94 valence electrons. The van der Waals surface area contributed by atoms with Crippen LogP contribution in [-0.2, 0) is 12.8 Å². The van der Waals surface area contributed by atoms with E-state index < -0.39 is 0 Å². The lowest BCUT2D eigenvalue weighted by molar-refractivity contribution is 0.526. The van der Waals surface area contributed by atoms with E-state index in [1.54, 1.807) is 0 Å². The third-order valence-electron chi connectivity index (χ3n) is 3.35. The second-order valence-corrected chi connectivity index (χ2v) is 7.10. The van der Waals surface area contributed by atoms with Crippen molar-refractivity contribution in [2.45, 2.75) is 25.3 Å². The predicted octanol–water partition coefficient (Wildman–Crippen LogP) is 3.73. The average Bonchev–Trinajstić information content (AvgIpc) is 2.97. The molecule has 2 aromatic rings. The minimum absolute atomic E-state index is 0.449. The molecule has 0 bridgehead atoms. The van der Waals surface area contributed by atoms with Gasteiger partial charge in [-0.2, -0.15) is 0 Å². The van der Waals surface area contributed by atoms with Crippen LogP contribution < -0.4 is 5.32 Å². The van der Waals surface area contributed by atoms with E-state index in [-0.39, 0.29) is 0 Å². The smallest absolute Gasteiger partial charge is 0.0701 e. The second-order valence-electron chi connectivity index (χ2n) is 4.55. The summed E-state index contributed by atoms with van der Waals surface area (Å²) in [5, 5.41) is 3.62. The Kier molecular flexibility index (Phi) is 3.77. The third kappa shape index (κ3) is 2.66. The standard InChI is InChI=1S/C14H15BrN2S/c15-13-6-4-11(18-13)7-9-16-12-5-3-10-2-1-8-17-14(10)12/h1-2,4,6,8,12,16H,3,5,7,9H2. The quantitative estimate of drug-likeness (QED) is 0.927. The Hall–Kier alpha value is -0.710. The molecule has 1 unspecified atom stereocenters. The van der Waals surface area contributed by atoms with Crippen LogP contribution in [0.5, 0.6) is 0 Å². The van der Waals surface area contributed by atoms with E-state index >= 15 is 0 Å². The van der Waals surface area contributed by atoms with Gasteiger partial charge in [0.05, 0.1) is 15.5 Å². The van der Waals surface area contributed by atoms with Gasteiger partial charge in [0.15, 0.2) is 0 Å². The lowest BCUT2D eigenvalue weighted by atomic mass is 10.2. The fourth-order valence-electron chi connectivity index (χ4n) is 2.47. The van der Waals surface area contributed by atoms with Gasteiger partial charge in [-0.15, -0.1) is 11.3 Å². The van der Waals surface area contributed by atoms with Crippen molar-refractivity contribution in [2.24, 2.45) is 0 Å². The summed E-state index contributed by atoms with van der Waals surface area (Å²) in [7, 11) is 0. The second kappa shape index (κ2) is 5.51. The van der Waals surface area contributed by atoms with Gasteiger partial charge in [-0.3, -0.25) is 4.98 Å². The van der Waals surface area contributed by atoms with E-state index in [4.69, 9.17) is 0 Å². The van der Waals surface area contributed by atoms with Gasteiger partial charge in [0.1, 0.15) is 0 Å². The molecule has 1 N–H and O–H groups in total. The van der Waals surface area contributed by atoms with Crippen molar-refractivity contribution in [1.29, 1.82) is 0 Å². The average molecular weight is 323 g/mol. The van der Waals surface area contributed by atoms with Gasteiger partial charge in [0.25, 0.3) is 0 Å². The summed E-state index contributed by atoms with van der Waals surface area (Å²) >= 11 is 5.32. The Morgan fingerprint density at radius 2 is 2.33 bits per heavy atom. The monoisotopic (exact) mass is 322 g/mol. The Bertz CT molecular complexity index is 538. The van der Waals surface area contributed by atoms with Crippen LogP contribution in [0.3, 0.4) is 0 Å². The van der Waals surface area contributed by atoms with Crippen LogP contribution in [-0.4, -0.2) is 11.5 Å². The number of hydrogen-bond donors (Lipinski definition) is 1. The van der Waals surface area contributed by atoms with Crippen molar-refractivity contribution < 1.29 is 0 Å². The van der Waals surface area contributed by atoms with Gasteiger partial charge in [0, 0.05) is 17.6 Å². The maximum atomic E-state index is 4.50. The summed E-state index contributed by atoms with van der Waals surface area (Å²) in [5.74, 6) is 0. The number of nitrogens with zero attached hydrogens (tertiary/aromatic N) is 1. The SMILES string of the molecule is Brc1ccc(CCNC2CCc3cccnc32)s1. The van der Waals surface area contributed by atoms with E-state index in [9.17, 15) is 0 Å². The van der Waals surface area contributed by atoms with Crippen LogP contribution in [0, 0.1) is 0 Å². The third-order valence-corrected chi connectivity index (χ3v) is 5.03. The van der Waals surface area contributed by atoms with Crippen LogP contribution >= 0.6 is 27.3 Å². The van der Waals surface area contributed by atoms with Crippen molar-refractivity contribution in [2.75, 3.05) is 6.54 Å². The molecule has 3 rings (SSSR count). The van der Waals surface area contributed by atoms with Crippen molar-refractivity contribution in [3.05, 3.63) is 50.4 Å². The van der Waals surface area contributed by atoms with Crippen molar-refractivity contribution >= 4 is 27.3 Å².